The van der Waals surface area contributed by atoms with Crippen molar-refractivity contribution in [2.24, 2.45) is 0 Å². The van der Waals surface area contributed by atoms with Gasteiger partial charge in [0.2, 0.25) is 11.8 Å². The van der Waals surface area contributed by atoms with Crippen LogP contribution in [-0.4, -0.2) is 22.8 Å². The van der Waals surface area contributed by atoms with Gasteiger partial charge < -0.3 is 10.6 Å². The lowest BCUT2D eigenvalue weighted by Crippen LogP contribution is -2.33. The summed E-state index contributed by atoms with van der Waals surface area (Å²) in [5.74, 6) is -0.0584. The predicted octanol–water partition coefficient (Wildman–Crippen LogP) is 3.80. The summed E-state index contributed by atoms with van der Waals surface area (Å²) in [5, 5.41) is 14.2. The van der Waals surface area contributed by atoms with E-state index in [4.69, 9.17) is 5.26 Å². The van der Waals surface area contributed by atoms with E-state index in [0.29, 0.717) is 5.56 Å². The predicted molar refractivity (Wildman–Crippen MR) is 109 cm³/mol. The van der Waals surface area contributed by atoms with Crippen LogP contribution in [0.25, 0.3) is 0 Å². The largest absolute Gasteiger partial charge is 0.349 e. The van der Waals surface area contributed by atoms with E-state index in [0.717, 1.165) is 16.8 Å². The molecule has 0 heterocycles. The van der Waals surface area contributed by atoms with E-state index in [1.807, 2.05) is 50.2 Å². The molecule has 0 spiro atoms. The first-order valence-electron chi connectivity index (χ1n) is 8.67. The van der Waals surface area contributed by atoms with Gasteiger partial charge in [-0.25, -0.2) is 0 Å². The average molecular weight is 382 g/mol. The second kappa shape index (κ2) is 9.79. The molecule has 0 aliphatic rings. The molecule has 2 aromatic carbocycles. The number of hydrogen-bond acceptors (Lipinski definition) is 4. The van der Waals surface area contributed by atoms with Gasteiger partial charge in [-0.15, -0.1) is 11.8 Å². The standard InChI is InChI=1S/C21H23N3O2S/c1-14-4-10-19(11-5-14)24-20(25)13-27-16(3)21(26)23-15(2)18-8-6-17(12-22)7-9-18/h4-11,15-16H,13H2,1-3H3,(H,23,26)(H,24,25). The number of nitriles is 1. The molecular weight excluding hydrogens is 358 g/mol. The van der Waals surface area contributed by atoms with Crippen molar-refractivity contribution in [2.75, 3.05) is 11.1 Å². The van der Waals surface area contributed by atoms with Crippen molar-refractivity contribution in [3.63, 3.8) is 0 Å². The number of anilines is 1. The third kappa shape index (κ3) is 6.46. The number of carbonyl (C=O) groups is 2. The van der Waals surface area contributed by atoms with E-state index in [2.05, 4.69) is 16.7 Å². The molecule has 0 aliphatic heterocycles. The van der Waals surface area contributed by atoms with E-state index in [1.165, 1.54) is 11.8 Å². The number of nitrogens with zero attached hydrogens (tertiary/aromatic N) is 1. The molecule has 2 atom stereocenters. The molecule has 6 heteroatoms. The Morgan fingerprint density at radius 1 is 1.07 bits per heavy atom. The van der Waals surface area contributed by atoms with Crippen LogP contribution in [0.15, 0.2) is 48.5 Å². The topological polar surface area (TPSA) is 82.0 Å². The molecule has 0 aromatic heterocycles. The fraction of sp³-hybridized carbons (Fsp3) is 0.286. The van der Waals surface area contributed by atoms with Gasteiger partial charge in [0.25, 0.3) is 0 Å². The summed E-state index contributed by atoms with van der Waals surface area (Å²) in [6.45, 7) is 5.66. The maximum atomic E-state index is 12.3. The van der Waals surface area contributed by atoms with Crippen molar-refractivity contribution in [1.82, 2.24) is 5.32 Å². The first kappa shape index (κ1) is 20.5. The number of nitrogens with one attached hydrogen (secondary N) is 2. The molecule has 2 aromatic rings. The maximum absolute atomic E-state index is 12.3. The van der Waals surface area contributed by atoms with Gasteiger partial charge in [0.05, 0.1) is 28.7 Å². The maximum Gasteiger partial charge on any atom is 0.234 e. The van der Waals surface area contributed by atoms with Gasteiger partial charge in [0.15, 0.2) is 0 Å². The van der Waals surface area contributed by atoms with Crippen molar-refractivity contribution in [3.05, 3.63) is 65.2 Å². The lowest BCUT2D eigenvalue weighted by Gasteiger charge is -2.18. The van der Waals surface area contributed by atoms with E-state index in [-0.39, 0.29) is 28.9 Å². The average Bonchev–Trinajstić information content (AvgIpc) is 2.67. The zero-order valence-electron chi connectivity index (χ0n) is 15.7. The highest BCUT2D eigenvalue weighted by atomic mass is 32.2. The molecule has 0 saturated carbocycles. The van der Waals surface area contributed by atoms with Gasteiger partial charge >= 0.3 is 0 Å². The normalized spacial score (nSPS) is 12.5. The molecule has 0 bridgehead atoms. The molecule has 2 rings (SSSR count). The Bertz CT molecular complexity index is 826. The van der Waals surface area contributed by atoms with Crippen molar-refractivity contribution < 1.29 is 9.59 Å². The quantitative estimate of drug-likeness (QED) is 0.764. The number of thioether (sulfide) groups is 1. The van der Waals surface area contributed by atoms with Crippen LogP contribution >= 0.6 is 11.8 Å². The van der Waals surface area contributed by atoms with Gasteiger partial charge in [-0.3, -0.25) is 9.59 Å². The Morgan fingerprint density at radius 2 is 1.70 bits per heavy atom. The van der Waals surface area contributed by atoms with Crippen LogP contribution in [0.2, 0.25) is 0 Å². The molecule has 0 saturated heterocycles. The van der Waals surface area contributed by atoms with Crippen LogP contribution in [0.5, 0.6) is 0 Å². The minimum atomic E-state index is -0.352. The molecule has 140 valence electrons. The molecular formula is C21H23N3O2S. The second-order valence-electron chi connectivity index (χ2n) is 6.33. The van der Waals surface area contributed by atoms with Gasteiger partial charge in [-0.1, -0.05) is 29.8 Å². The van der Waals surface area contributed by atoms with E-state index in [9.17, 15) is 9.59 Å². The minimum absolute atomic E-state index is 0.125. The van der Waals surface area contributed by atoms with E-state index < -0.39 is 0 Å². The molecule has 2 N–H and O–H groups in total. The smallest absolute Gasteiger partial charge is 0.234 e. The molecule has 0 aliphatic carbocycles. The summed E-state index contributed by atoms with van der Waals surface area (Å²) < 4.78 is 0. The van der Waals surface area contributed by atoms with Crippen molar-refractivity contribution in [3.8, 4) is 6.07 Å². The van der Waals surface area contributed by atoms with Crippen LogP contribution in [-0.2, 0) is 9.59 Å². The third-order valence-corrected chi connectivity index (χ3v) is 5.21. The van der Waals surface area contributed by atoms with Crippen LogP contribution in [0.1, 0.15) is 36.6 Å². The monoisotopic (exact) mass is 381 g/mol. The number of amides is 2. The highest BCUT2D eigenvalue weighted by Crippen LogP contribution is 2.17. The van der Waals surface area contributed by atoms with Crippen molar-refractivity contribution >= 4 is 29.3 Å². The molecule has 2 amide bonds. The first-order valence-corrected chi connectivity index (χ1v) is 9.72. The van der Waals surface area contributed by atoms with Gasteiger partial charge in [0, 0.05) is 5.69 Å². The second-order valence-corrected chi connectivity index (χ2v) is 7.66. The Kier molecular flexibility index (Phi) is 7.44. The van der Waals surface area contributed by atoms with Crippen LogP contribution in [0.4, 0.5) is 5.69 Å². The van der Waals surface area contributed by atoms with E-state index >= 15 is 0 Å². The molecule has 5 nitrogen and oxygen atoms in total. The Hall–Kier alpha value is -2.78. The van der Waals surface area contributed by atoms with Crippen molar-refractivity contribution in [1.29, 1.82) is 5.26 Å². The van der Waals surface area contributed by atoms with Gasteiger partial charge in [-0.2, -0.15) is 5.26 Å². The summed E-state index contributed by atoms with van der Waals surface area (Å²) in [6, 6.07) is 16.6. The van der Waals surface area contributed by atoms with Crippen LogP contribution in [0, 0.1) is 18.3 Å². The van der Waals surface area contributed by atoms with Crippen molar-refractivity contribution in [2.45, 2.75) is 32.1 Å². The lowest BCUT2D eigenvalue weighted by atomic mass is 10.1. The van der Waals surface area contributed by atoms with Crippen LogP contribution < -0.4 is 10.6 Å². The summed E-state index contributed by atoms with van der Waals surface area (Å²) in [7, 11) is 0. The highest BCUT2D eigenvalue weighted by Gasteiger charge is 2.18. The SMILES string of the molecule is Cc1ccc(NC(=O)CSC(C)C(=O)NC(C)c2ccc(C#N)cc2)cc1. The molecule has 27 heavy (non-hydrogen) atoms. The molecule has 2 unspecified atom stereocenters. The highest BCUT2D eigenvalue weighted by molar-refractivity contribution is 8.01. The molecule has 0 radical (unpaired) electrons. The zero-order chi connectivity index (χ0) is 19.8. The van der Waals surface area contributed by atoms with Crippen LogP contribution in [0.3, 0.4) is 0 Å². The summed E-state index contributed by atoms with van der Waals surface area (Å²) in [4.78, 5) is 24.4. The van der Waals surface area contributed by atoms with Gasteiger partial charge in [0.1, 0.15) is 0 Å². The van der Waals surface area contributed by atoms with Gasteiger partial charge in [-0.05, 0) is 50.6 Å². The lowest BCUT2D eigenvalue weighted by molar-refractivity contribution is -0.120. The van der Waals surface area contributed by atoms with E-state index in [1.54, 1.807) is 19.1 Å². The number of hydrogen-bond donors (Lipinski definition) is 2. The number of aryl methyl sites for hydroxylation is 1. The Morgan fingerprint density at radius 3 is 2.30 bits per heavy atom. The number of benzene rings is 2. The fourth-order valence-corrected chi connectivity index (χ4v) is 3.06. The Balaban J connectivity index is 1.79. The third-order valence-electron chi connectivity index (χ3n) is 4.07. The Labute approximate surface area is 164 Å². The summed E-state index contributed by atoms with van der Waals surface area (Å²) in [6.07, 6.45) is 0. The minimum Gasteiger partial charge on any atom is -0.349 e. The zero-order valence-corrected chi connectivity index (χ0v) is 16.5. The first-order chi connectivity index (χ1) is 12.9. The number of rotatable bonds is 7. The molecule has 0 fully saturated rings. The fourth-order valence-electron chi connectivity index (χ4n) is 2.37. The summed E-state index contributed by atoms with van der Waals surface area (Å²) in [5.41, 5.74) is 3.39. The summed E-state index contributed by atoms with van der Waals surface area (Å²) >= 11 is 1.29. The number of carbonyl (C=O) groups excluding carboxylic acids is 2.